The molecule has 9 N–H and O–H groups in total. The number of aliphatic hydroxyl groups excluding tert-OH is 1. The van der Waals surface area contributed by atoms with Gasteiger partial charge < -0.3 is 32.5 Å². The number of carbonyl (C=O) groups excluding carboxylic acids is 2. The van der Waals surface area contributed by atoms with Crippen molar-refractivity contribution in [1.29, 1.82) is 0 Å². The maximum absolute atomic E-state index is 12.7. The van der Waals surface area contributed by atoms with E-state index in [0.717, 1.165) is 6.07 Å². The van der Waals surface area contributed by atoms with Gasteiger partial charge in [-0.05, 0) is 78.5 Å². The van der Waals surface area contributed by atoms with Gasteiger partial charge in [0.2, 0.25) is 34.4 Å². The molecule has 19 nitrogen and oxygen atoms in total. The van der Waals surface area contributed by atoms with Gasteiger partial charge in [-0.2, -0.15) is 38.3 Å². The number of carbonyl (C=O) groups is 2. The number of nitrogens with one attached hydrogen (secondary N) is 3. The van der Waals surface area contributed by atoms with Gasteiger partial charge in [0.05, 0.1) is 11.5 Å². The summed E-state index contributed by atoms with van der Waals surface area (Å²) in [5.74, 6) is -3.33. The van der Waals surface area contributed by atoms with Gasteiger partial charge in [0.25, 0.3) is 16.0 Å². The summed E-state index contributed by atoms with van der Waals surface area (Å²) in [6.45, 7) is 2.94. The maximum atomic E-state index is 12.7. The molecule has 22 heteroatoms. The molecule has 0 aliphatic heterocycles. The molecule has 50 heavy (non-hydrogen) atoms. The van der Waals surface area contributed by atoms with Crippen LogP contribution in [0.2, 0.25) is 10.6 Å². The minimum Gasteiger partial charge on any atom is -0.509 e. The number of azo groups is 1. The van der Waals surface area contributed by atoms with Crippen LogP contribution in [-0.4, -0.2) is 59.7 Å². The molecule has 0 saturated heterocycles. The van der Waals surface area contributed by atoms with Crippen LogP contribution < -0.4 is 27.4 Å². The number of rotatable bonds is 11. The van der Waals surface area contributed by atoms with Crippen molar-refractivity contribution in [3.8, 4) is 0 Å². The van der Waals surface area contributed by atoms with Crippen LogP contribution >= 0.6 is 23.2 Å². The molecular formula is C28H25Cl2N13O6S. The average molecular weight is 743 g/mol. The standard InChI is InChI=1S/C28H25Cl2N13O6S/c1-3-15-20(44)18(22(31)46)11(2)19(21(15)45)43-42-16-10-14(7-8-17(16)50(47,48)49)35-28-39-24(30)38-27(41-28)34-13-6-4-5-12(9-13)33-26-37-23(29)36-25(32)40-26/h4-10,15,45H,3H2,1-2H3,(H2,31,46)(H,47,48,49)(H3,32,33,36,37,40)(H2,34,35,38,39,41). The van der Waals surface area contributed by atoms with Gasteiger partial charge in [-0.3, -0.25) is 14.1 Å². The molecule has 1 aliphatic rings. The molecule has 1 atom stereocenters. The van der Waals surface area contributed by atoms with Gasteiger partial charge in [-0.25, -0.2) is 0 Å². The molecular weight excluding hydrogens is 717 g/mol. The number of nitrogen functional groups attached to an aromatic ring is 1. The summed E-state index contributed by atoms with van der Waals surface area (Å²) in [4.78, 5) is 48.1. The number of anilines is 7. The summed E-state index contributed by atoms with van der Waals surface area (Å²) in [6, 6.07) is 10.3. The Hall–Kier alpha value is -5.83. The molecule has 0 radical (unpaired) electrons. The third kappa shape index (κ3) is 8.06. The predicted octanol–water partition coefficient (Wildman–Crippen LogP) is 4.69. The normalized spacial score (nSPS) is 15.1. The summed E-state index contributed by atoms with van der Waals surface area (Å²) in [6.07, 6.45) is 0.114. The van der Waals surface area contributed by atoms with E-state index in [1.165, 1.54) is 19.1 Å². The second-order valence-corrected chi connectivity index (χ2v) is 12.3. The number of aromatic nitrogens is 6. The van der Waals surface area contributed by atoms with E-state index in [1.807, 2.05) is 0 Å². The van der Waals surface area contributed by atoms with Crippen LogP contribution in [0.3, 0.4) is 0 Å². The highest BCUT2D eigenvalue weighted by Crippen LogP contribution is 2.36. The fourth-order valence-corrected chi connectivity index (χ4v) is 5.64. The van der Waals surface area contributed by atoms with Crippen LogP contribution in [0.25, 0.3) is 0 Å². The van der Waals surface area contributed by atoms with E-state index in [1.54, 1.807) is 31.2 Å². The zero-order valence-electron chi connectivity index (χ0n) is 25.7. The lowest BCUT2D eigenvalue weighted by molar-refractivity contribution is -0.123. The topological polar surface area (TPSA) is 299 Å². The SMILES string of the molecule is CCC1C(=O)C(C(N)=O)=C(C)C(N=Nc2cc(Nc3nc(Cl)nc(Nc4cccc(Nc5nc(N)nc(Cl)n5)c4)n3)ccc2S(=O)(=O)O)=C1O. The zero-order chi connectivity index (χ0) is 36.3. The van der Waals surface area contributed by atoms with E-state index in [2.05, 4.69) is 56.1 Å². The van der Waals surface area contributed by atoms with Gasteiger partial charge in [0, 0.05) is 17.1 Å². The van der Waals surface area contributed by atoms with E-state index < -0.39 is 38.4 Å². The first-order valence-electron chi connectivity index (χ1n) is 14.1. The minimum absolute atomic E-state index is 0.0128. The van der Waals surface area contributed by atoms with Gasteiger partial charge >= 0.3 is 0 Å². The molecule has 258 valence electrons. The number of nitrogens with zero attached hydrogens (tertiary/aromatic N) is 8. The molecule has 4 aromatic rings. The third-order valence-electron chi connectivity index (χ3n) is 6.88. The Bertz CT molecular complexity index is 2230. The summed E-state index contributed by atoms with van der Waals surface area (Å²) in [5.41, 5.74) is 11.2. The molecule has 0 fully saturated rings. The number of primary amides is 1. The van der Waals surface area contributed by atoms with Gasteiger partial charge in [-0.1, -0.05) is 13.0 Å². The Labute approximate surface area is 292 Å². The molecule has 0 bridgehead atoms. The van der Waals surface area contributed by atoms with Gasteiger partial charge in [0.1, 0.15) is 22.0 Å². The minimum atomic E-state index is -4.83. The Kier molecular flexibility index (Phi) is 10.2. The van der Waals surface area contributed by atoms with Crippen molar-refractivity contribution in [3.63, 3.8) is 0 Å². The molecule has 1 unspecified atom stereocenters. The van der Waals surface area contributed by atoms with Crippen molar-refractivity contribution in [1.82, 2.24) is 29.9 Å². The highest BCUT2D eigenvalue weighted by Gasteiger charge is 2.36. The number of Topliss-reactive ketones (excluding diaryl/α,β-unsaturated/α-hetero) is 1. The second-order valence-electron chi connectivity index (χ2n) is 10.3. The number of hydrogen-bond acceptors (Lipinski definition) is 17. The van der Waals surface area contributed by atoms with Crippen LogP contribution in [0.4, 0.5) is 46.5 Å². The van der Waals surface area contributed by atoms with Crippen LogP contribution in [-0.2, 0) is 19.7 Å². The largest absolute Gasteiger partial charge is 0.509 e. The van der Waals surface area contributed by atoms with Gasteiger partial charge in [-0.15, -0.1) is 10.2 Å². The maximum Gasteiger partial charge on any atom is 0.296 e. The van der Waals surface area contributed by atoms with E-state index >= 15 is 0 Å². The quantitative estimate of drug-likeness (QED) is 0.0623. The van der Waals surface area contributed by atoms with Crippen molar-refractivity contribution in [2.75, 3.05) is 21.7 Å². The number of allylic oxidation sites excluding steroid dienone is 2. The Morgan fingerprint density at radius 2 is 1.46 bits per heavy atom. The number of halogens is 2. The van der Waals surface area contributed by atoms with Crippen molar-refractivity contribution in [3.05, 3.63) is 75.6 Å². The first kappa shape index (κ1) is 35.5. The van der Waals surface area contributed by atoms with E-state index in [9.17, 15) is 27.7 Å². The molecule has 0 saturated carbocycles. The number of benzene rings is 2. The Morgan fingerprint density at radius 3 is 2.00 bits per heavy atom. The molecule has 5 rings (SSSR count). The van der Waals surface area contributed by atoms with Crippen LogP contribution in [0, 0.1) is 5.92 Å². The number of hydrogen-bond donors (Lipinski definition) is 7. The van der Waals surface area contributed by atoms with E-state index in [4.69, 9.17) is 34.7 Å². The summed E-state index contributed by atoms with van der Waals surface area (Å²) in [5, 5.41) is 27.1. The monoisotopic (exact) mass is 741 g/mol. The first-order valence-corrected chi connectivity index (χ1v) is 16.3. The molecule has 2 aromatic heterocycles. The number of nitrogens with two attached hydrogens (primary N) is 2. The number of ketones is 1. The van der Waals surface area contributed by atoms with Crippen molar-refractivity contribution in [2.45, 2.75) is 25.2 Å². The molecule has 2 heterocycles. The molecule has 1 amide bonds. The predicted molar refractivity (Wildman–Crippen MR) is 181 cm³/mol. The van der Waals surface area contributed by atoms with Crippen LogP contribution in [0.5, 0.6) is 0 Å². The van der Waals surface area contributed by atoms with Crippen molar-refractivity contribution >= 4 is 91.6 Å². The van der Waals surface area contributed by atoms with Crippen LogP contribution in [0.1, 0.15) is 20.3 Å². The highest BCUT2D eigenvalue weighted by molar-refractivity contribution is 7.86. The second kappa shape index (κ2) is 14.3. The average Bonchev–Trinajstić information content (AvgIpc) is 3.00. The van der Waals surface area contributed by atoms with E-state index in [0.29, 0.717) is 11.4 Å². The Morgan fingerprint density at radius 1 is 0.900 bits per heavy atom. The van der Waals surface area contributed by atoms with Crippen LogP contribution in [0.15, 0.2) is 80.2 Å². The number of amides is 1. The summed E-state index contributed by atoms with van der Waals surface area (Å²) < 4.78 is 34.2. The molecule has 0 spiro atoms. The lowest BCUT2D eigenvalue weighted by atomic mass is 9.83. The smallest absolute Gasteiger partial charge is 0.296 e. The molecule has 1 aliphatic carbocycles. The summed E-state index contributed by atoms with van der Waals surface area (Å²) >= 11 is 12.0. The Balaban J connectivity index is 1.43. The molecule has 2 aromatic carbocycles. The van der Waals surface area contributed by atoms with Gasteiger partial charge in [0.15, 0.2) is 5.78 Å². The fourth-order valence-electron chi connectivity index (χ4n) is 4.71. The lowest BCUT2D eigenvalue weighted by Crippen LogP contribution is -2.32. The summed E-state index contributed by atoms with van der Waals surface area (Å²) in [7, 11) is -4.83. The fraction of sp³-hybridized carbons (Fsp3) is 0.143. The number of aliphatic hydroxyl groups is 1. The first-order chi connectivity index (χ1) is 23.6. The third-order valence-corrected chi connectivity index (χ3v) is 8.12. The van der Waals surface area contributed by atoms with Crippen molar-refractivity contribution < 1.29 is 27.7 Å². The highest BCUT2D eigenvalue weighted by atomic mass is 35.5. The zero-order valence-corrected chi connectivity index (χ0v) is 28.1. The van der Waals surface area contributed by atoms with Crippen molar-refractivity contribution in [2.24, 2.45) is 21.9 Å². The van der Waals surface area contributed by atoms with E-state index in [-0.39, 0.29) is 69.0 Å². The lowest BCUT2D eigenvalue weighted by Gasteiger charge is -2.22.